The van der Waals surface area contributed by atoms with Gasteiger partial charge in [0.05, 0.1) is 26.2 Å². The van der Waals surface area contributed by atoms with Crippen LogP contribution in [0, 0.1) is 5.92 Å². The molecule has 7 nitrogen and oxygen atoms in total. The maximum Gasteiger partial charge on any atom is 0.387 e. The zero-order chi connectivity index (χ0) is 21.5. The molecule has 1 atom stereocenters. The number of piperidine rings is 1. The Hall–Kier alpha value is -2.68. The minimum absolute atomic E-state index is 0.0557. The number of hydrogen-bond donors (Lipinski definition) is 0. The molecule has 2 aliphatic rings. The first-order valence-electron chi connectivity index (χ1n) is 9.95. The van der Waals surface area contributed by atoms with Crippen LogP contribution in [-0.4, -0.2) is 74.7 Å². The van der Waals surface area contributed by atoms with Crippen molar-refractivity contribution in [1.29, 1.82) is 0 Å². The van der Waals surface area contributed by atoms with Gasteiger partial charge in [-0.25, -0.2) is 0 Å². The predicted molar refractivity (Wildman–Crippen MR) is 105 cm³/mol. The van der Waals surface area contributed by atoms with E-state index in [9.17, 15) is 18.4 Å². The fourth-order valence-electron chi connectivity index (χ4n) is 3.73. The lowest BCUT2D eigenvalue weighted by Gasteiger charge is -2.35. The second-order valence-corrected chi connectivity index (χ2v) is 7.15. The molecule has 0 radical (unpaired) electrons. The first kappa shape index (κ1) is 22.0. The van der Waals surface area contributed by atoms with E-state index in [4.69, 9.17) is 9.47 Å². The van der Waals surface area contributed by atoms with Gasteiger partial charge in [0.1, 0.15) is 0 Å². The van der Waals surface area contributed by atoms with Crippen molar-refractivity contribution in [3.8, 4) is 11.5 Å². The molecule has 2 fully saturated rings. The molecule has 1 aromatic carbocycles. The molecule has 2 heterocycles. The van der Waals surface area contributed by atoms with E-state index >= 15 is 0 Å². The largest absolute Gasteiger partial charge is 0.493 e. The van der Waals surface area contributed by atoms with Gasteiger partial charge in [-0.1, -0.05) is 12.1 Å². The Bertz CT molecular complexity index is 781. The number of carbonyl (C=O) groups is 2. The molecule has 0 N–H and O–H groups in total. The lowest BCUT2D eigenvalue weighted by Crippen LogP contribution is -2.49. The number of halogens is 2. The maximum absolute atomic E-state index is 12.8. The number of morpholine rings is 1. The molecule has 0 spiro atoms. The van der Waals surface area contributed by atoms with Crippen molar-refractivity contribution in [1.82, 2.24) is 9.80 Å². The third kappa shape index (κ3) is 5.47. The smallest absolute Gasteiger partial charge is 0.387 e. The van der Waals surface area contributed by atoms with Gasteiger partial charge in [0, 0.05) is 37.8 Å². The topological polar surface area (TPSA) is 68.3 Å². The lowest BCUT2D eigenvalue weighted by atomic mass is 9.96. The Kier molecular flexibility index (Phi) is 7.62. The van der Waals surface area contributed by atoms with Gasteiger partial charge in [-0.05, 0) is 25.0 Å². The van der Waals surface area contributed by atoms with Crippen LogP contribution in [-0.2, 0) is 14.3 Å². The van der Waals surface area contributed by atoms with Crippen LogP contribution in [0.2, 0.25) is 0 Å². The van der Waals surface area contributed by atoms with Gasteiger partial charge in [0.25, 0.3) is 0 Å². The van der Waals surface area contributed by atoms with Crippen LogP contribution in [0.3, 0.4) is 0 Å². The van der Waals surface area contributed by atoms with Crippen molar-refractivity contribution in [2.45, 2.75) is 19.5 Å². The molecule has 164 valence electrons. The van der Waals surface area contributed by atoms with Gasteiger partial charge in [0.15, 0.2) is 11.5 Å². The highest BCUT2D eigenvalue weighted by Crippen LogP contribution is 2.33. The first-order chi connectivity index (χ1) is 14.5. The third-order valence-corrected chi connectivity index (χ3v) is 5.25. The summed E-state index contributed by atoms with van der Waals surface area (Å²) in [5.74, 6) is -0.429. The van der Waals surface area contributed by atoms with Crippen molar-refractivity contribution in [3.63, 3.8) is 0 Å². The van der Waals surface area contributed by atoms with Crippen molar-refractivity contribution in [2.24, 2.45) is 5.92 Å². The van der Waals surface area contributed by atoms with Crippen LogP contribution < -0.4 is 9.47 Å². The molecule has 2 amide bonds. The Morgan fingerprint density at radius 1 is 1.20 bits per heavy atom. The van der Waals surface area contributed by atoms with Crippen molar-refractivity contribution in [3.05, 3.63) is 29.8 Å². The average molecular weight is 424 g/mol. The number of rotatable bonds is 6. The van der Waals surface area contributed by atoms with Crippen molar-refractivity contribution < 1.29 is 32.6 Å². The van der Waals surface area contributed by atoms with E-state index in [0.29, 0.717) is 45.0 Å². The number of para-hydroxylation sites is 1. The molecule has 0 bridgehead atoms. The summed E-state index contributed by atoms with van der Waals surface area (Å²) >= 11 is 0. The molecule has 1 aromatic rings. The number of carbonyl (C=O) groups excluding carboxylic acids is 2. The molecule has 0 saturated carbocycles. The molecule has 0 aliphatic carbocycles. The van der Waals surface area contributed by atoms with Gasteiger partial charge in [-0.2, -0.15) is 8.78 Å². The van der Waals surface area contributed by atoms with Gasteiger partial charge < -0.3 is 24.0 Å². The molecule has 2 aliphatic heterocycles. The third-order valence-electron chi connectivity index (χ3n) is 5.25. The number of alkyl halides is 2. The number of methoxy groups -OCH3 is 1. The van der Waals surface area contributed by atoms with E-state index in [-0.39, 0.29) is 29.2 Å². The van der Waals surface area contributed by atoms with Crippen molar-refractivity contribution >= 4 is 17.9 Å². The van der Waals surface area contributed by atoms with E-state index in [0.717, 1.165) is 12.8 Å². The lowest BCUT2D eigenvalue weighted by molar-refractivity contribution is -0.143. The summed E-state index contributed by atoms with van der Waals surface area (Å²) in [6, 6.07) is 4.69. The van der Waals surface area contributed by atoms with Gasteiger partial charge in [-0.3, -0.25) is 9.59 Å². The second-order valence-electron chi connectivity index (χ2n) is 7.15. The first-order valence-corrected chi connectivity index (χ1v) is 9.95. The zero-order valence-electron chi connectivity index (χ0n) is 16.9. The molecule has 1 unspecified atom stereocenters. The fraction of sp³-hybridized carbons (Fsp3) is 0.524. The number of benzene rings is 1. The van der Waals surface area contributed by atoms with E-state index in [1.807, 2.05) is 0 Å². The molecular formula is C21H26F2N2O5. The minimum atomic E-state index is -3.02. The van der Waals surface area contributed by atoms with Gasteiger partial charge >= 0.3 is 6.61 Å². The predicted octanol–water partition coefficient (Wildman–Crippen LogP) is 2.41. The molecule has 9 heteroatoms. The summed E-state index contributed by atoms with van der Waals surface area (Å²) in [4.78, 5) is 28.8. The highest BCUT2D eigenvalue weighted by atomic mass is 19.3. The summed E-state index contributed by atoms with van der Waals surface area (Å²) in [5, 5.41) is 0. The quantitative estimate of drug-likeness (QED) is 0.656. The Balaban J connectivity index is 1.67. The summed E-state index contributed by atoms with van der Waals surface area (Å²) in [7, 11) is 1.35. The van der Waals surface area contributed by atoms with E-state index in [1.54, 1.807) is 21.9 Å². The number of amides is 2. The van der Waals surface area contributed by atoms with E-state index in [2.05, 4.69) is 4.74 Å². The monoisotopic (exact) mass is 424 g/mol. The fourth-order valence-corrected chi connectivity index (χ4v) is 3.73. The van der Waals surface area contributed by atoms with E-state index in [1.165, 1.54) is 25.3 Å². The Morgan fingerprint density at radius 3 is 2.67 bits per heavy atom. The highest BCUT2D eigenvalue weighted by molar-refractivity contribution is 5.93. The van der Waals surface area contributed by atoms with Crippen LogP contribution >= 0.6 is 0 Å². The number of nitrogens with zero attached hydrogens (tertiary/aromatic N) is 2. The summed E-state index contributed by atoms with van der Waals surface area (Å²) < 4.78 is 40.4. The number of hydrogen-bond acceptors (Lipinski definition) is 5. The molecular weight excluding hydrogens is 398 g/mol. The van der Waals surface area contributed by atoms with Crippen LogP contribution in [0.4, 0.5) is 8.78 Å². The van der Waals surface area contributed by atoms with Crippen molar-refractivity contribution in [2.75, 3.05) is 46.5 Å². The highest BCUT2D eigenvalue weighted by Gasteiger charge is 2.31. The van der Waals surface area contributed by atoms with Crippen LogP contribution in [0.1, 0.15) is 18.4 Å². The Morgan fingerprint density at radius 2 is 1.97 bits per heavy atom. The average Bonchev–Trinajstić information content (AvgIpc) is 2.78. The van der Waals surface area contributed by atoms with Crippen LogP contribution in [0.15, 0.2) is 24.3 Å². The normalized spacial score (nSPS) is 19.9. The maximum atomic E-state index is 12.8. The zero-order valence-corrected chi connectivity index (χ0v) is 16.9. The standard InChI is InChI=1S/C21H26F2N2O5/c1-28-17-6-2-4-15(19(17)30-21(22)23)7-8-18(26)25-9-3-5-16(14-25)20(27)24-10-12-29-13-11-24/h2,4,6-8,16,21H,3,5,9-14H2,1H3. The summed E-state index contributed by atoms with van der Waals surface area (Å²) in [6.07, 6.45) is 4.22. The van der Waals surface area contributed by atoms with E-state index < -0.39 is 6.61 Å². The minimum Gasteiger partial charge on any atom is -0.493 e. The summed E-state index contributed by atoms with van der Waals surface area (Å²) in [5.41, 5.74) is 0.306. The molecule has 0 aromatic heterocycles. The molecule has 3 rings (SSSR count). The molecule has 30 heavy (non-hydrogen) atoms. The van der Waals surface area contributed by atoms with Crippen LogP contribution in [0.5, 0.6) is 11.5 Å². The second kappa shape index (κ2) is 10.4. The molecule has 2 saturated heterocycles. The van der Waals surface area contributed by atoms with Gasteiger partial charge in [-0.15, -0.1) is 0 Å². The van der Waals surface area contributed by atoms with Crippen LogP contribution in [0.25, 0.3) is 6.08 Å². The Labute approximate surface area is 174 Å². The SMILES string of the molecule is COc1cccc(C=CC(=O)N2CCCC(C(=O)N3CCOCC3)C2)c1OC(F)F. The number of ether oxygens (including phenoxy) is 3. The summed E-state index contributed by atoms with van der Waals surface area (Å²) in [6.45, 7) is 0.101. The van der Waals surface area contributed by atoms with Gasteiger partial charge in [0.2, 0.25) is 11.8 Å². The number of likely N-dealkylation sites (tertiary alicyclic amines) is 1.